The zero-order valence-electron chi connectivity index (χ0n) is 11.4. The van der Waals surface area contributed by atoms with Crippen LogP contribution in [-0.2, 0) is 6.42 Å². The number of H-pyrrole nitrogens is 1. The molecular weight excluding hydrogens is 329 g/mol. The number of carboxylic acids is 1. The molecule has 0 aliphatic carbocycles. The molecule has 3 N–H and O–H groups in total. The highest BCUT2D eigenvalue weighted by Crippen LogP contribution is 2.25. The molecular formula is C14H9ClFN3O4. The Hall–Kier alpha value is -2.87. The van der Waals surface area contributed by atoms with Gasteiger partial charge in [-0.05, 0) is 12.1 Å². The average Bonchev–Trinajstić information content (AvgIpc) is 2.90. The summed E-state index contributed by atoms with van der Waals surface area (Å²) in [5, 5.41) is 23.0. The van der Waals surface area contributed by atoms with Gasteiger partial charge in [-0.1, -0.05) is 17.7 Å². The maximum atomic E-state index is 13.8. The van der Waals surface area contributed by atoms with Crippen molar-refractivity contribution in [1.82, 2.24) is 14.6 Å². The van der Waals surface area contributed by atoms with Crippen molar-refractivity contribution < 1.29 is 19.4 Å². The van der Waals surface area contributed by atoms with Crippen LogP contribution in [0.15, 0.2) is 29.2 Å². The van der Waals surface area contributed by atoms with Crippen molar-refractivity contribution in [2.75, 3.05) is 0 Å². The van der Waals surface area contributed by atoms with E-state index in [1.807, 2.05) is 0 Å². The number of aromatic hydroxyl groups is 1. The Morgan fingerprint density at radius 1 is 1.39 bits per heavy atom. The van der Waals surface area contributed by atoms with Crippen LogP contribution in [0.3, 0.4) is 0 Å². The van der Waals surface area contributed by atoms with E-state index >= 15 is 0 Å². The van der Waals surface area contributed by atoms with Crippen LogP contribution in [0.2, 0.25) is 5.02 Å². The summed E-state index contributed by atoms with van der Waals surface area (Å²) in [5.74, 6) is -2.50. The van der Waals surface area contributed by atoms with E-state index in [0.29, 0.717) is 0 Å². The van der Waals surface area contributed by atoms with Crippen molar-refractivity contribution in [3.8, 4) is 5.88 Å². The zero-order chi connectivity index (χ0) is 16.7. The lowest BCUT2D eigenvalue weighted by atomic mass is 10.1. The highest BCUT2D eigenvalue weighted by atomic mass is 35.5. The molecule has 0 amide bonds. The van der Waals surface area contributed by atoms with Crippen molar-refractivity contribution in [2.24, 2.45) is 0 Å². The van der Waals surface area contributed by atoms with Crippen molar-refractivity contribution >= 4 is 23.2 Å². The third-order valence-electron chi connectivity index (χ3n) is 3.39. The summed E-state index contributed by atoms with van der Waals surface area (Å²) in [7, 11) is 0. The van der Waals surface area contributed by atoms with Crippen LogP contribution in [-0.4, -0.2) is 30.8 Å². The quantitative estimate of drug-likeness (QED) is 0.675. The fourth-order valence-electron chi connectivity index (χ4n) is 2.24. The van der Waals surface area contributed by atoms with E-state index in [2.05, 4.69) is 10.1 Å². The van der Waals surface area contributed by atoms with Gasteiger partial charge in [0.1, 0.15) is 11.4 Å². The predicted molar refractivity (Wildman–Crippen MR) is 78.7 cm³/mol. The number of nitrogens with zero attached hydrogens (tertiary/aromatic N) is 2. The maximum absolute atomic E-state index is 13.8. The van der Waals surface area contributed by atoms with Crippen LogP contribution in [0.5, 0.6) is 5.88 Å². The van der Waals surface area contributed by atoms with Gasteiger partial charge >= 0.3 is 5.97 Å². The normalized spacial score (nSPS) is 11.0. The number of aromatic nitrogens is 3. The molecule has 0 saturated heterocycles. The zero-order valence-corrected chi connectivity index (χ0v) is 12.1. The molecule has 0 bridgehead atoms. The number of fused-ring (bicyclic) bond motifs is 1. The Balaban J connectivity index is 2.20. The third-order valence-corrected chi connectivity index (χ3v) is 3.75. The number of aromatic carboxylic acids is 1. The number of hydrogen-bond donors (Lipinski definition) is 3. The molecule has 2 aromatic heterocycles. The molecule has 2 heterocycles. The Labute approximate surface area is 132 Å². The lowest BCUT2D eigenvalue weighted by Crippen LogP contribution is -2.17. The summed E-state index contributed by atoms with van der Waals surface area (Å²) in [6.07, 6.45) is 0.720. The van der Waals surface area contributed by atoms with Crippen molar-refractivity contribution in [1.29, 1.82) is 0 Å². The third kappa shape index (κ3) is 2.42. The first-order chi connectivity index (χ1) is 10.9. The SMILES string of the molecule is O=C(O)c1cnn2c(O)c(Cc3c(F)cccc3Cl)c(=O)[nH]c12. The second-order valence-electron chi connectivity index (χ2n) is 4.76. The second-order valence-corrected chi connectivity index (χ2v) is 5.16. The molecule has 0 unspecified atom stereocenters. The number of nitrogens with one attached hydrogen (secondary N) is 1. The molecule has 0 aliphatic heterocycles. The molecule has 9 heteroatoms. The van der Waals surface area contributed by atoms with Gasteiger partial charge in [-0.15, -0.1) is 0 Å². The Morgan fingerprint density at radius 2 is 2.13 bits per heavy atom. The first kappa shape index (κ1) is 15.0. The van der Waals surface area contributed by atoms with E-state index in [1.54, 1.807) is 0 Å². The summed E-state index contributed by atoms with van der Waals surface area (Å²) in [6.45, 7) is 0. The molecule has 0 fully saturated rings. The Bertz CT molecular complexity index is 975. The van der Waals surface area contributed by atoms with Gasteiger partial charge in [0, 0.05) is 17.0 Å². The van der Waals surface area contributed by atoms with Gasteiger partial charge in [-0.3, -0.25) is 4.79 Å². The van der Waals surface area contributed by atoms with Crippen molar-refractivity contribution in [3.05, 3.63) is 62.3 Å². The van der Waals surface area contributed by atoms with Gasteiger partial charge in [-0.2, -0.15) is 9.61 Å². The summed E-state index contributed by atoms with van der Waals surface area (Å²) in [5.41, 5.74) is -1.32. The van der Waals surface area contributed by atoms with Gasteiger partial charge in [0.25, 0.3) is 5.56 Å². The topological polar surface area (TPSA) is 108 Å². The molecule has 0 saturated carbocycles. The average molecular weight is 338 g/mol. The molecule has 23 heavy (non-hydrogen) atoms. The predicted octanol–water partition coefficient (Wildman–Crippen LogP) is 1.81. The highest BCUT2D eigenvalue weighted by Gasteiger charge is 2.20. The molecule has 0 radical (unpaired) electrons. The fourth-order valence-corrected chi connectivity index (χ4v) is 2.47. The van der Waals surface area contributed by atoms with Crippen LogP contribution in [0, 0.1) is 5.82 Å². The van der Waals surface area contributed by atoms with E-state index in [9.17, 15) is 19.1 Å². The number of aromatic amines is 1. The van der Waals surface area contributed by atoms with Crippen LogP contribution in [0.1, 0.15) is 21.5 Å². The maximum Gasteiger partial charge on any atom is 0.341 e. The number of carboxylic acid groups (broad SMARTS) is 1. The summed E-state index contributed by atoms with van der Waals surface area (Å²) >= 11 is 5.91. The molecule has 3 aromatic rings. The molecule has 0 aliphatic rings. The van der Waals surface area contributed by atoms with E-state index in [1.165, 1.54) is 18.2 Å². The number of hydrogen-bond acceptors (Lipinski definition) is 4. The lowest BCUT2D eigenvalue weighted by Gasteiger charge is -2.08. The van der Waals surface area contributed by atoms with Crippen LogP contribution in [0.4, 0.5) is 4.39 Å². The number of carbonyl (C=O) groups is 1. The largest absolute Gasteiger partial charge is 0.493 e. The lowest BCUT2D eigenvalue weighted by molar-refractivity contribution is 0.0698. The van der Waals surface area contributed by atoms with E-state index in [0.717, 1.165) is 10.7 Å². The minimum atomic E-state index is -1.31. The Morgan fingerprint density at radius 3 is 2.78 bits per heavy atom. The van der Waals surface area contributed by atoms with Gasteiger partial charge in [0.2, 0.25) is 5.88 Å². The fraction of sp³-hybridized carbons (Fsp3) is 0.0714. The minimum absolute atomic E-state index is 0.0416. The van der Waals surface area contributed by atoms with Gasteiger partial charge in [-0.25, -0.2) is 9.18 Å². The first-order valence-corrected chi connectivity index (χ1v) is 6.76. The smallest absolute Gasteiger partial charge is 0.341 e. The molecule has 0 spiro atoms. The molecule has 7 nitrogen and oxygen atoms in total. The number of halogens is 2. The molecule has 0 atom stereocenters. The van der Waals surface area contributed by atoms with E-state index in [4.69, 9.17) is 16.7 Å². The van der Waals surface area contributed by atoms with Crippen LogP contribution >= 0.6 is 11.6 Å². The highest BCUT2D eigenvalue weighted by molar-refractivity contribution is 6.31. The standard InChI is InChI=1S/C14H9ClFN3O4/c15-9-2-1-3-10(16)6(9)4-7-12(20)18-11-8(14(22)23)5-17-19(11)13(7)21/h1-3,5,21H,4H2,(H,18,20)(H,22,23). The molecule has 1 aromatic carbocycles. The molecule has 118 valence electrons. The summed E-state index contributed by atoms with van der Waals surface area (Å²) in [4.78, 5) is 25.5. The minimum Gasteiger partial charge on any atom is -0.493 e. The molecule has 3 rings (SSSR count). The summed E-state index contributed by atoms with van der Waals surface area (Å²) < 4.78 is 14.7. The van der Waals surface area contributed by atoms with Crippen LogP contribution < -0.4 is 5.56 Å². The van der Waals surface area contributed by atoms with Crippen LogP contribution in [0.25, 0.3) is 5.65 Å². The van der Waals surface area contributed by atoms with Gasteiger partial charge < -0.3 is 15.2 Å². The summed E-state index contributed by atoms with van der Waals surface area (Å²) in [6, 6.07) is 4.06. The van der Waals surface area contributed by atoms with E-state index < -0.39 is 23.2 Å². The van der Waals surface area contributed by atoms with E-state index in [-0.39, 0.29) is 33.8 Å². The monoisotopic (exact) mass is 337 g/mol. The first-order valence-electron chi connectivity index (χ1n) is 6.38. The number of rotatable bonds is 3. The van der Waals surface area contributed by atoms with Crippen molar-refractivity contribution in [2.45, 2.75) is 6.42 Å². The Kier molecular flexibility index (Phi) is 3.53. The van der Waals surface area contributed by atoms with Gasteiger partial charge in [0.05, 0.1) is 11.8 Å². The second kappa shape index (κ2) is 5.40. The van der Waals surface area contributed by atoms with Crippen molar-refractivity contribution in [3.63, 3.8) is 0 Å². The number of benzene rings is 1. The van der Waals surface area contributed by atoms with Gasteiger partial charge in [0.15, 0.2) is 5.65 Å².